The zero-order valence-corrected chi connectivity index (χ0v) is 10.8. The quantitative estimate of drug-likeness (QED) is 0.730. The number of carbonyl (C=O) groups excluding carboxylic acids is 1. The van der Waals surface area contributed by atoms with Crippen molar-refractivity contribution in [1.82, 2.24) is 5.32 Å². The van der Waals surface area contributed by atoms with Gasteiger partial charge in [-0.3, -0.25) is 4.79 Å². The van der Waals surface area contributed by atoms with E-state index in [1.165, 1.54) is 7.11 Å². The molecule has 0 spiro atoms. The fourth-order valence-corrected chi connectivity index (χ4v) is 4.80. The van der Waals surface area contributed by atoms with Crippen LogP contribution in [-0.2, 0) is 19.4 Å². The highest BCUT2D eigenvalue weighted by Crippen LogP contribution is 2.29. The van der Waals surface area contributed by atoms with Crippen LogP contribution in [0.2, 0.25) is 0 Å². The number of methoxy groups -OCH3 is 1. The predicted molar refractivity (Wildman–Crippen MR) is 63.3 cm³/mol. The lowest BCUT2D eigenvalue weighted by Gasteiger charge is -2.14. The maximum absolute atomic E-state index is 11.7. The third-order valence-electron chi connectivity index (χ3n) is 3.77. The maximum atomic E-state index is 11.7. The van der Waals surface area contributed by atoms with Crippen molar-refractivity contribution >= 4 is 15.8 Å². The van der Waals surface area contributed by atoms with Crippen molar-refractivity contribution in [3.63, 3.8) is 0 Å². The van der Waals surface area contributed by atoms with Gasteiger partial charge in [0, 0.05) is 0 Å². The Hall–Kier alpha value is -0.620. The van der Waals surface area contributed by atoms with Gasteiger partial charge in [0.15, 0.2) is 9.84 Å². The van der Waals surface area contributed by atoms with Crippen molar-refractivity contribution in [2.45, 2.75) is 37.0 Å². The molecule has 1 N–H and O–H groups in total. The third-order valence-corrected chi connectivity index (χ3v) is 6.07. The Morgan fingerprint density at radius 1 is 1.47 bits per heavy atom. The number of ether oxygens (including phenoxy) is 1. The van der Waals surface area contributed by atoms with Crippen LogP contribution in [-0.4, -0.2) is 45.1 Å². The number of sulfone groups is 1. The first-order valence-electron chi connectivity index (χ1n) is 6.05. The molecule has 2 rings (SSSR count). The van der Waals surface area contributed by atoms with E-state index in [0.717, 1.165) is 12.8 Å². The molecule has 17 heavy (non-hydrogen) atoms. The summed E-state index contributed by atoms with van der Waals surface area (Å²) in [7, 11) is -1.49. The molecule has 2 heterocycles. The summed E-state index contributed by atoms with van der Waals surface area (Å²) in [5, 5.41) is 2.90. The fraction of sp³-hybridized carbons (Fsp3) is 0.909. The molecule has 2 saturated heterocycles. The largest absolute Gasteiger partial charge is 0.468 e. The number of hydrogen-bond donors (Lipinski definition) is 1. The maximum Gasteiger partial charge on any atom is 0.322 e. The minimum absolute atomic E-state index is 0.189. The minimum Gasteiger partial charge on any atom is -0.468 e. The molecule has 0 aliphatic carbocycles. The Morgan fingerprint density at radius 3 is 2.82 bits per heavy atom. The molecular formula is C11H19NO4S. The number of carbonyl (C=O) groups is 1. The topological polar surface area (TPSA) is 72.5 Å². The number of hydrogen-bond acceptors (Lipinski definition) is 5. The highest BCUT2D eigenvalue weighted by atomic mass is 32.2. The second kappa shape index (κ2) is 4.94. The second-order valence-electron chi connectivity index (χ2n) is 4.95. The Bertz CT molecular complexity index is 392. The van der Waals surface area contributed by atoms with Crippen molar-refractivity contribution in [2.24, 2.45) is 5.92 Å². The van der Waals surface area contributed by atoms with Crippen molar-refractivity contribution in [3.8, 4) is 0 Å². The molecule has 0 bridgehead atoms. The lowest BCUT2D eigenvalue weighted by molar-refractivity contribution is -0.142. The lowest BCUT2D eigenvalue weighted by Crippen LogP contribution is -2.31. The lowest BCUT2D eigenvalue weighted by atomic mass is 9.98. The van der Waals surface area contributed by atoms with E-state index >= 15 is 0 Å². The van der Waals surface area contributed by atoms with Crippen LogP contribution in [0.15, 0.2) is 0 Å². The summed E-state index contributed by atoms with van der Waals surface area (Å²) in [6.45, 7) is 0.714. The molecule has 0 saturated carbocycles. The van der Waals surface area contributed by atoms with Gasteiger partial charge in [0.1, 0.15) is 6.04 Å². The summed E-state index contributed by atoms with van der Waals surface area (Å²) < 4.78 is 28.1. The van der Waals surface area contributed by atoms with Gasteiger partial charge in [0.25, 0.3) is 0 Å². The first kappa shape index (κ1) is 12.8. The van der Waals surface area contributed by atoms with Crippen LogP contribution in [0.4, 0.5) is 0 Å². The number of rotatable bonds is 3. The smallest absolute Gasteiger partial charge is 0.322 e. The van der Waals surface area contributed by atoms with Gasteiger partial charge in [-0.2, -0.15) is 0 Å². The van der Waals surface area contributed by atoms with Gasteiger partial charge in [0.2, 0.25) is 0 Å². The Balaban J connectivity index is 1.88. The summed E-state index contributed by atoms with van der Waals surface area (Å²) >= 11 is 0. The zero-order chi connectivity index (χ0) is 12.5. The van der Waals surface area contributed by atoms with Gasteiger partial charge in [0.05, 0.1) is 18.1 Å². The van der Waals surface area contributed by atoms with E-state index < -0.39 is 9.84 Å². The highest BCUT2D eigenvalue weighted by Gasteiger charge is 2.37. The van der Waals surface area contributed by atoms with Crippen LogP contribution in [0.25, 0.3) is 0 Å². The summed E-state index contributed by atoms with van der Waals surface area (Å²) in [5.41, 5.74) is 0. The van der Waals surface area contributed by atoms with Gasteiger partial charge >= 0.3 is 5.97 Å². The fourth-order valence-electron chi connectivity index (χ4n) is 2.80. The third kappa shape index (κ3) is 2.80. The monoisotopic (exact) mass is 261 g/mol. The molecule has 0 radical (unpaired) electrons. The van der Waals surface area contributed by atoms with Crippen molar-refractivity contribution in [2.75, 3.05) is 19.4 Å². The van der Waals surface area contributed by atoms with Crippen molar-refractivity contribution in [3.05, 3.63) is 0 Å². The zero-order valence-electron chi connectivity index (χ0n) is 10.0. The number of esters is 1. The summed E-state index contributed by atoms with van der Waals surface area (Å²) in [6.07, 6.45) is 2.94. The molecule has 0 aromatic carbocycles. The van der Waals surface area contributed by atoms with Crippen LogP contribution < -0.4 is 5.32 Å². The minimum atomic E-state index is -2.86. The number of nitrogens with one attached hydrogen (secondary N) is 1. The summed E-state index contributed by atoms with van der Waals surface area (Å²) in [5.74, 6) is 0.358. The van der Waals surface area contributed by atoms with E-state index in [4.69, 9.17) is 0 Å². The Labute approximate surface area is 102 Å². The SMILES string of the molecule is COC(=O)C1CC(CC2CCCS2(=O)=O)CN1. The van der Waals surface area contributed by atoms with Crippen LogP contribution in [0.3, 0.4) is 0 Å². The normalized spacial score (nSPS) is 35.9. The van der Waals surface area contributed by atoms with Gasteiger partial charge in [-0.25, -0.2) is 8.42 Å². The Kier molecular flexibility index (Phi) is 3.73. The summed E-state index contributed by atoms with van der Waals surface area (Å²) in [4.78, 5) is 11.3. The van der Waals surface area contributed by atoms with Crippen molar-refractivity contribution in [1.29, 1.82) is 0 Å². The van der Waals surface area contributed by atoms with Gasteiger partial charge in [-0.05, 0) is 38.1 Å². The molecule has 2 fully saturated rings. The van der Waals surface area contributed by atoms with Crippen LogP contribution in [0, 0.1) is 5.92 Å². The van der Waals surface area contributed by atoms with E-state index in [1.807, 2.05) is 0 Å². The van der Waals surface area contributed by atoms with E-state index in [-0.39, 0.29) is 23.2 Å². The average Bonchev–Trinajstić information content (AvgIpc) is 2.86. The van der Waals surface area contributed by atoms with Crippen molar-refractivity contribution < 1.29 is 17.9 Å². The summed E-state index contributed by atoms with van der Waals surface area (Å²) in [6, 6.07) is -0.255. The molecule has 0 amide bonds. The van der Waals surface area contributed by atoms with Gasteiger partial charge in [-0.15, -0.1) is 0 Å². The average molecular weight is 261 g/mol. The van der Waals surface area contributed by atoms with E-state index in [0.29, 0.717) is 25.1 Å². The standard InChI is InChI=1S/C11H19NO4S/c1-16-11(13)10-6-8(7-12-10)5-9-3-2-4-17(9,14)15/h8-10,12H,2-7H2,1H3. The molecule has 0 aromatic heterocycles. The molecular weight excluding hydrogens is 242 g/mol. The van der Waals surface area contributed by atoms with Crippen LogP contribution >= 0.6 is 0 Å². The van der Waals surface area contributed by atoms with E-state index in [1.54, 1.807) is 0 Å². The second-order valence-corrected chi connectivity index (χ2v) is 7.35. The molecule has 5 nitrogen and oxygen atoms in total. The van der Waals surface area contributed by atoms with E-state index in [2.05, 4.69) is 10.1 Å². The molecule has 0 aromatic rings. The first-order chi connectivity index (χ1) is 8.03. The predicted octanol–water partition coefficient (Wildman–Crippen LogP) is 0.105. The molecule has 3 atom stereocenters. The Morgan fingerprint density at radius 2 is 2.24 bits per heavy atom. The van der Waals surface area contributed by atoms with Crippen LogP contribution in [0.1, 0.15) is 25.7 Å². The molecule has 3 unspecified atom stereocenters. The molecule has 2 aliphatic rings. The molecule has 6 heteroatoms. The van der Waals surface area contributed by atoms with E-state index in [9.17, 15) is 13.2 Å². The van der Waals surface area contributed by atoms with Gasteiger partial charge in [-0.1, -0.05) is 0 Å². The molecule has 2 aliphatic heterocycles. The van der Waals surface area contributed by atoms with Gasteiger partial charge < -0.3 is 10.1 Å². The molecule has 98 valence electrons. The first-order valence-corrected chi connectivity index (χ1v) is 7.77. The highest BCUT2D eigenvalue weighted by molar-refractivity contribution is 7.92. The van der Waals surface area contributed by atoms with Crippen LogP contribution in [0.5, 0.6) is 0 Å².